The first-order valence-corrected chi connectivity index (χ1v) is 10.7. The molecule has 4 rings (SSSR count). The number of benzene rings is 2. The van der Waals surface area contributed by atoms with Crippen LogP contribution >= 0.6 is 0 Å². The number of nitrogens with zero attached hydrogens (tertiary/aromatic N) is 1. The largest absolute Gasteiger partial charge is 0.493 e. The van der Waals surface area contributed by atoms with Crippen LogP contribution in [0, 0.1) is 0 Å². The van der Waals surface area contributed by atoms with Gasteiger partial charge in [0.05, 0.1) is 18.8 Å². The number of Topliss-reactive ketones (excluding diaryl/α,β-unsaturated/α-hetero) is 1. The van der Waals surface area contributed by atoms with Gasteiger partial charge in [0.1, 0.15) is 6.61 Å². The van der Waals surface area contributed by atoms with E-state index in [1.54, 1.807) is 13.3 Å². The Kier molecular flexibility index (Phi) is 6.57. The number of aromatic amines is 1. The van der Waals surface area contributed by atoms with Crippen LogP contribution in [0.15, 0.2) is 66.9 Å². The zero-order valence-corrected chi connectivity index (χ0v) is 18.0. The summed E-state index contributed by atoms with van der Waals surface area (Å²) in [6.07, 6.45) is 3.64. The van der Waals surface area contributed by atoms with Crippen LogP contribution in [0.5, 0.6) is 11.5 Å². The predicted molar refractivity (Wildman–Crippen MR) is 122 cm³/mol. The van der Waals surface area contributed by atoms with Crippen molar-refractivity contribution in [3.63, 3.8) is 0 Å². The van der Waals surface area contributed by atoms with E-state index in [9.17, 15) is 4.79 Å². The topological polar surface area (TPSA) is 66.6 Å². The second-order valence-corrected chi connectivity index (χ2v) is 7.82. The van der Waals surface area contributed by atoms with Crippen molar-refractivity contribution in [3.05, 3.63) is 78.1 Å². The van der Waals surface area contributed by atoms with Crippen LogP contribution in [0.1, 0.15) is 22.5 Å². The molecule has 0 fully saturated rings. The van der Waals surface area contributed by atoms with E-state index in [1.807, 2.05) is 49.5 Å². The zero-order valence-electron chi connectivity index (χ0n) is 18.0. The van der Waals surface area contributed by atoms with Crippen LogP contribution in [0.3, 0.4) is 0 Å². The molecule has 1 aliphatic heterocycles. The molecule has 2 heterocycles. The van der Waals surface area contributed by atoms with Gasteiger partial charge in [-0.2, -0.15) is 0 Å². The Hall–Kier alpha value is -3.25. The minimum atomic E-state index is -0.312. The van der Waals surface area contributed by atoms with Crippen molar-refractivity contribution in [1.82, 2.24) is 9.88 Å². The number of likely N-dealkylation sites (N-methyl/N-ethyl adjacent to an activating group) is 1. The lowest BCUT2D eigenvalue weighted by molar-refractivity contribution is 0.0797. The summed E-state index contributed by atoms with van der Waals surface area (Å²) in [5.74, 6) is 1.49. The maximum absolute atomic E-state index is 13.4. The number of aryl methyl sites for hydroxylation is 1. The van der Waals surface area contributed by atoms with E-state index in [-0.39, 0.29) is 17.9 Å². The molecule has 0 saturated heterocycles. The number of carbonyl (C=O) groups is 1. The van der Waals surface area contributed by atoms with Crippen molar-refractivity contribution in [1.29, 1.82) is 0 Å². The molecule has 0 bridgehead atoms. The fourth-order valence-electron chi connectivity index (χ4n) is 4.21. The van der Waals surface area contributed by atoms with Gasteiger partial charge in [0.25, 0.3) is 0 Å². The average Bonchev–Trinajstić information content (AvgIpc) is 3.34. The van der Waals surface area contributed by atoms with Crippen molar-refractivity contribution >= 4 is 11.5 Å². The Morgan fingerprint density at radius 2 is 1.87 bits per heavy atom. The number of para-hydroxylation sites is 3. The van der Waals surface area contributed by atoms with Gasteiger partial charge in [-0.25, -0.2) is 0 Å². The molecular weight excluding hydrogens is 390 g/mol. The molecule has 6 nitrogen and oxygen atoms in total. The van der Waals surface area contributed by atoms with Crippen LogP contribution < -0.4 is 14.8 Å². The predicted octanol–water partition coefficient (Wildman–Crippen LogP) is 4.01. The lowest BCUT2D eigenvalue weighted by Crippen LogP contribution is -2.52. The van der Waals surface area contributed by atoms with Gasteiger partial charge < -0.3 is 19.8 Å². The van der Waals surface area contributed by atoms with Crippen LogP contribution in [0.4, 0.5) is 5.69 Å². The molecule has 0 spiro atoms. The Balaban J connectivity index is 1.48. The molecule has 1 aliphatic rings. The van der Waals surface area contributed by atoms with Crippen molar-refractivity contribution in [2.24, 2.45) is 0 Å². The van der Waals surface area contributed by atoms with Gasteiger partial charge in [-0.1, -0.05) is 30.3 Å². The molecule has 0 radical (unpaired) electrons. The second-order valence-electron chi connectivity index (χ2n) is 7.82. The Morgan fingerprint density at radius 3 is 2.65 bits per heavy atom. The molecule has 0 amide bonds. The minimum absolute atomic E-state index is 0.0157. The van der Waals surface area contributed by atoms with Crippen LogP contribution in [-0.2, 0) is 6.42 Å². The Bertz CT molecular complexity index is 1000. The summed E-state index contributed by atoms with van der Waals surface area (Å²) in [5, 5.41) is 3.61. The van der Waals surface area contributed by atoms with E-state index in [0.29, 0.717) is 30.3 Å². The number of rotatable bonds is 9. The lowest BCUT2D eigenvalue weighted by atomic mass is 9.90. The number of hydrogen-bond donors (Lipinski definition) is 2. The maximum atomic E-state index is 13.4. The van der Waals surface area contributed by atoms with Crippen LogP contribution in [0.2, 0.25) is 0 Å². The van der Waals surface area contributed by atoms with Crippen molar-refractivity contribution in [3.8, 4) is 11.5 Å². The van der Waals surface area contributed by atoms with Gasteiger partial charge in [-0.3, -0.25) is 9.69 Å². The Morgan fingerprint density at radius 1 is 1.10 bits per heavy atom. The minimum Gasteiger partial charge on any atom is -0.493 e. The van der Waals surface area contributed by atoms with Crippen molar-refractivity contribution < 1.29 is 14.3 Å². The molecule has 2 atom stereocenters. The highest BCUT2D eigenvalue weighted by Crippen LogP contribution is 2.28. The van der Waals surface area contributed by atoms with Gasteiger partial charge in [-0.05, 0) is 55.8 Å². The molecule has 6 heteroatoms. The maximum Gasteiger partial charge on any atom is 0.198 e. The highest BCUT2D eigenvalue weighted by atomic mass is 16.5. The van der Waals surface area contributed by atoms with E-state index in [1.165, 1.54) is 5.56 Å². The molecule has 2 unspecified atom stereocenters. The summed E-state index contributed by atoms with van der Waals surface area (Å²) in [4.78, 5) is 18.6. The third kappa shape index (κ3) is 4.75. The van der Waals surface area contributed by atoms with E-state index in [0.717, 1.165) is 18.5 Å². The number of hydrogen-bond acceptors (Lipinski definition) is 5. The fourth-order valence-corrected chi connectivity index (χ4v) is 4.21. The van der Waals surface area contributed by atoms with Gasteiger partial charge in [0.2, 0.25) is 0 Å². The van der Waals surface area contributed by atoms with E-state index < -0.39 is 0 Å². The number of fused-ring (bicyclic) bond motifs is 1. The number of anilines is 1. The molecule has 2 N–H and O–H groups in total. The molecule has 162 valence electrons. The average molecular weight is 420 g/mol. The third-order valence-electron chi connectivity index (χ3n) is 5.84. The van der Waals surface area contributed by atoms with Gasteiger partial charge in [0.15, 0.2) is 17.3 Å². The van der Waals surface area contributed by atoms with Gasteiger partial charge in [-0.15, -0.1) is 0 Å². The second kappa shape index (κ2) is 9.71. The number of aromatic nitrogens is 1. The smallest absolute Gasteiger partial charge is 0.198 e. The number of ketones is 1. The standard InChI is InChI=1S/C25H29N3O3/c1-28(16-17-31-23-12-6-5-11-22(23)30-2)24(25(29)21-10-7-15-26-21)20-14-13-18-8-3-4-9-19(18)27-20/h3-12,15,20,24,26-27H,13-14,16-17H2,1-2H3. The van der Waals surface area contributed by atoms with Crippen LogP contribution in [0.25, 0.3) is 0 Å². The highest BCUT2D eigenvalue weighted by molar-refractivity contribution is 5.99. The molecule has 0 saturated carbocycles. The molecule has 1 aromatic heterocycles. The molecule has 0 aliphatic carbocycles. The fraction of sp³-hybridized carbons (Fsp3) is 0.320. The summed E-state index contributed by atoms with van der Waals surface area (Å²) < 4.78 is 11.3. The summed E-state index contributed by atoms with van der Waals surface area (Å²) >= 11 is 0. The quantitative estimate of drug-likeness (QED) is 0.513. The number of H-pyrrole nitrogens is 1. The number of methoxy groups -OCH3 is 1. The SMILES string of the molecule is COc1ccccc1OCCN(C)C(C(=O)c1ccc[nH]1)C1CCc2ccccc2N1. The number of ether oxygens (including phenoxy) is 2. The normalized spacial score (nSPS) is 16.3. The number of carbonyl (C=O) groups excluding carboxylic acids is 1. The molecular formula is C25H29N3O3. The first-order valence-electron chi connectivity index (χ1n) is 10.7. The zero-order chi connectivity index (χ0) is 21.6. The summed E-state index contributed by atoms with van der Waals surface area (Å²) in [7, 11) is 3.62. The third-order valence-corrected chi connectivity index (χ3v) is 5.84. The summed E-state index contributed by atoms with van der Waals surface area (Å²) in [6.45, 7) is 1.06. The number of nitrogens with one attached hydrogen (secondary N) is 2. The molecule has 31 heavy (non-hydrogen) atoms. The van der Waals surface area contributed by atoms with E-state index in [2.05, 4.69) is 33.4 Å². The summed E-state index contributed by atoms with van der Waals surface area (Å²) in [5.41, 5.74) is 3.04. The lowest BCUT2D eigenvalue weighted by Gasteiger charge is -2.37. The van der Waals surface area contributed by atoms with E-state index >= 15 is 0 Å². The van der Waals surface area contributed by atoms with Crippen molar-refractivity contribution in [2.45, 2.75) is 24.9 Å². The Labute approximate surface area is 183 Å². The van der Waals surface area contributed by atoms with Crippen molar-refractivity contribution in [2.75, 3.05) is 32.6 Å². The van der Waals surface area contributed by atoms with Gasteiger partial charge in [0, 0.05) is 24.5 Å². The van der Waals surface area contributed by atoms with Gasteiger partial charge >= 0.3 is 0 Å². The summed E-state index contributed by atoms with van der Waals surface area (Å²) in [6, 6.07) is 19.3. The highest BCUT2D eigenvalue weighted by Gasteiger charge is 2.35. The first-order chi connectivity index (χ1) is 15.2. The first kappa shape index (κ1) is 21.0. The molecule has 2 aromatic carbocycles. The monoisotopic (exact) mass is 419 g/mol. The van der Waals surface area contributed by atoms with E-state index in [4.69, 9.17) is 9.47 Å². The molecule has 3 aromatic rings. The van der Waals surface area contributed by atoms with Crippen LogP contribution in [-0.4, -0.2) is 55.1 Å².